The van der Waals surface area contributed by atoms with Gasteiger partial charge in [-0.25, -0.2) is 15.0 Å². The van der Waals surface area contributed by atoms with Gasteiger partial charge in [0.1, 0.15) is 5.82 Å². The number of fused-ring (bicyclic) bond motifs is 1. The van der Waals surface area contributed by atoms with E-state index in [2.05, 4.69) is 64.6 Å². The van der Waals surface area contributed by atoms with E-state index in [-0.39, 0.29) is 0 Å². The number of rotatable bonds is 3. The first-order chi connectivity index (χ1) is 14.3. The maximum Gasteiger partial charge on any atom is 0.163 e. The van der Waals surface area contributed by atoms with E-state index in [1.54, 1.807) is 0 Å². The van der Waals surface area contributed by atoms with Crippen LogP contribution in [0.4, 0.5) is 0 Å². The zero-order chi connectivity index (χ0) is 19.6. The molecule has 0 saturated heterocycles. The van der Waals surface area contributed by atoms with Gasteiger partial charge in [0.05, 0.1) is 0 Å². The summed E-state index contributed by atoms with van der Waals surface area (Å²) in [5.74, 6) is 2.14. The number of hydrogen-bond donors (Lipinski definition) is 0. The lowest BCUT2D eigenvalue weighted by molar-refractivity contribution is 0.986. The minimum absolute atomic E-state index is 0.707. The Hall–Kier alpha value is -3.59. The number of aromatic nitrogens is 3. The Balaban J connectivity index is 1.48. The molecule has 0 bridgehead atoms. The zero-order valence-electron chi connectivity index (χ0n) is 16.3. The Labute approximate surface area is 170 Å². The van der Waals surface area contributed by atoms with Gasteiger partial charge in [0.25, 0.3) is 0 Å². The normalized spacial score (nSPS) is 12.6. The second kappa shape index (κ2) is 7.44. The monoisotopic (exact) mass is 375 g/mol. The van der Waals surface area contributed by atoms with Crippen LogP contribution in [0.1, 0.15) is 23.4 Å². The average molecular weight is 375 g/mol. The molecule has 1 heterocycles. The minimum atomic E-state index is 0.707. The average Bonchev–Trinajstić information content (AvgIpc) is 2.79. The van der Waals surface area contributed by atoms with E-state index in [0.717, 1.165) is 29.8 Å². The molecule has 29 heavy (non-hydrogen) atoms. The summed E-state index contributed by atoms with van der Waals surface area (Å²) in [7, 11) is 0. The van der Waals surface area contributed by atoms with E-state index in [1.807, 2.05) is 37.3 Å². The zero-order valence-corrected chi connectivity index (χ0v) is 16.3. The smallest absolute Gasteiger partial charge is 0.163 e. The highest BCUT2D eigenvalue weighted by Gasteiger charge is 2.10. The lowest BCUT2D eigenvalue weighted by Crippen LogP contribution is -1.99. The quantitative estimate of drug-likeness (QED) is 0.432. The molecule has 0 N–H and O–H groups in total. The number of benzene rings is 3. The molecular weight excluding hydrogens is 354 g/mol. The standard InChI is InChI=1S/C26H21N3/c1-18-27-25(21-8-3-2-4-9-21)29-26(28-18)22-14-11-20(12-15-22)24-16-13-19-7-5-6-10-23(19)17-24/h2-5,7-9,11-17H,6,10H2,1H3. The Morgan fingerprint density at radius 3 is 2.07 bits per heavy atom. The van der Waals surface area contributed by atoms with Crippen molar-refractivity contribution < 1.29 is 0 Å². The minimum Gasteiger partial charge on any atom is -0.213 e. The Morgan fingerprint density at radius 2 is 1.31 bits per heavy atom. The van der Waals surface area contributed by atoms with Crippen LogP contribution in [-0.2, 0) is 6.42 Å². The summed E-state index contributed by atoms with van der Waals surface area (Å²) in [6.07, 6.45) is 6.71. The molecular formula is C26H21N3. The third-order valence-electron chi connectivity index (χ3n) is 5.28. The van der Waals surface area contributed by atoms with E-state index in [0.29, 0.717) is 11.6 Å². The first-order valence-corrected chi connectivity index (χ1v) is 9.95. The van der Waals surface area contributed by atoms with Crippen LogP contribution < -0.4 is 0 Å². The summed E-state index contributed by atoms with van der Waals surface area (Å²) < 4.78 is 0. The first kappa shape index (κ1) is 17.5. The molecule has 0 saturated carbocycles. The van der Waals surface area contributed by atoms with E-state index in [1.165, 1.54) is 22.3 Å². The van der Waals surface area contributed by atoms with Gasteiger partial charge in [-0.2, -0.15) is 0 Å². The lowest BCUT2D eigenvalue weighted by atomic mass is 9.93. The van der Waals surface area contributed by atoms with Gasteiger partial charge in [0.15, 0.2) is 11.6 Å². The van der Waals surface area contributed by atoms with Crippen molar-refractivity contribution in [2.45, 2.75) is 19.8 Å². The molecule has 1 aromatic heterocycles. The third kappa shape index (κ3) is 3.59. The summed E-state index contributed by atoms with van der Waals surface area (Å²) in [4.78, 5) is 13.8. The maximum absolute atomic E-state index is 4.70. The summed E-state index contributed by atoms with van der Waals surface area (Å²) in [5.41, 5.74) is 7.22. The number of hydrogen-bond acceptors (Lipinski definition) is 3. The maximum atomic E-state index is 4.70. The van der Waals surface area contributed by atoms with Gasteiger partial charge >= 0.3 is 0 Å². The Kier molecular flexibility index (Phi) is 4.49. The molecule has 4 aromatic rings. The van der Waals surface area contributed by atoms with Crippen LogP contribution in [0.15, 0.2) is 78.9 Å². The van der Waals surface area contributed by atoms with Crippen molar-refractivity contribution in [3.63, 3.8) is 0 Å². The van der Waals surface area contributed by atoms with Crippen molar-refractivity contribution in [2.24, 2.45) is 0 Å². The van der Waals surface area contributed by atoms with Crippen LogP contribution in [0.5, 0.6) is 0 Å². The fourth-order valence-electron chi connectivity index (χ4n) is 3.75. The highest BCUT2D eigenvalue weighted by Crippen LogP contribution is 2.28. The second-order valence-electron chi connectivity index (χ2n) is 7.33. The van der Waals surface area contributed by atoms with Gasteiger partial charge in [-0.1, -0.05) is 84.9 Å². The van der Waals surface area contributed by atoms with Crippen molar-refractivity contribution in [3.8, 4) is 33.9 Å². The van der Waals surface area contributed by atoms with Gasteiger partial charge in [-0.05, 0) is 42.0 Å². The molecule has 1 aliphatic carbocycles. The molecule has 0 radical (unpaired) electrons. The van der Waals surface area contributed by atoms with Crippen LogP contribution in [0, 0.1) is 6.92 Å². The van der Waals surface area contributed by atoms with Crippen LogP contribution in [-0.4, -0.2) is 15.0 Å². The van der Waals surface area contributed by atoms with Crippen molar-refractivity contribution >= 4 is 6.08 Å². The first-order valence-electron chi connectivity index (χ1n) is 9.95. The molecule has 140 valence electrons. The predicted octanol–water partition coefficient (Wildman–Crippen LogP) is 6.14. The van der Waals surface area contributed by atoms with Gasteiger partial charge in [0, 0.05) is 11.1 Å². The highest BCUT2D eigenvalue weighted by molar-refractivity contribution is 5.71. The van der Waals surface area contributed by atoms with Crippen molar-refractivity contribution in [1.82, 2.24) is 15.0 Å². The Morgan fingerprint density at radius 1 is 0.655 bits per heavy atom. The van der Waals surface area contributed by atoms with Crippen molar-refractivity contribution in [1.29, 1.82) is 0 Å². The largest absolute Gasteiger partial charge is 0.213 e. The highest BCUT2D eigenvalue weighted by atomic mass is 15.0. The lowest BCUT2D eigenvalue weighted by Gasteiger charge is -2.12. The molecule has 3 nitrogen and oxygen atoms in total. The van der Waals surface area contributed by atoms with Gasteiger partial charge in [-0.3, -0.25) is 0 Å². The number of allylic oxidation sites excluding steroid dienone is 1. The van der Waals surface area contributed by atoms with E-state index in [9.17, 15) is 0 Å². The fourth-order valence-corrected chi connectivity index (χ4v) is 3.75. The molecule has 3 aromatic carbocycles. The van der Waals surface area contributed by atoms with Crippen LogP contribution >= 0.6 is 0 Å². The van der Waals surface area contributed by atoms with E-state index in [4.69, 9.17) is 4.98 Å². The summed E-state index contributed by atoms with van der Waals surface area (Å²) >= 11 is 0. The van der Waals surface area contributed by atoms with Gasteiger partial charge < -0.3 is 0 Å². The number of nitrogens with zero attached hydrogens (tertiary/aromatic N) is 3. The van der Waals surface area contributed by atoms with Crippen LogP contribution in [0.3, 0.4) is 0 Å². The molecule has 0 atom stereocenters. The van der Waals surface area contributed by atoms with Crippen molar-refractivity contribution in [2.75, 3.05) is 0 Å². The van der Waals surface area contributed by atoms with Gasteiger partial charge in [0.2, 0.25) is 0 Å². The van der Waals surface area contributed by atoms with E-state index >= 15 is 0 Å². The third-order valence-corrected chi connectivity index (χ3v) is 5.28. The molecule has 0 aliphatic heterocycles. The van der Waals surface area contributed by atoms with Gasteiger partial charge in [-0.15, -0.1) is 0 Å². The summed E-state index contributed by atoms with van der Waals surface area (Å²) in [5, 5.41) is 0. The molecule has 0 amide bonds. The van der Waals surface area contributed by atoms with E-state index < -0.39 is 0 Å². The summed E-state index contributed by atoms with van der Waals surface area (Å²) in [6.45, 7) is 1.91. The molecule has 0 fully saturated rings. The molecule has 0 unspecified atom stereocenters. The molecule has 0 spiro atoms. The topological polar surface area (TPSA) is 38.7 Å². The van der Waals surface area contributed by atoms with Crippen LogP contribution in [0.2, 0.25) is 0 Å². The SMILES string of the molecule is Cc1nc(-c2ccccc2)nc(-c2ccc(-c3ccc4c(c3)CCC=C4)cc2)n1. The van der Waals surface area contributed by atoms with Crippen LogP contribution in [0.25, 0.3) is 40.0 Å². The fraction of sp³-hybridized carbons (Fsp3) is 0.115. The molecule has 1 aliphatic rings. The predicted molar refractivity (Wildman–Crippen MR) is 118 cm³/mol. The molecule has 5 rings (SSSR count). The number of aryl methyl sites for hydroxylation is 2. The second-order valence-corrected chi connectivity index (χ2v) is 7.33. The Bertz CT molecular complexity index is 1190. The van der Waals surface area contributed by atoms with Crippen molar-refractivity contribution in [3.05, 3.63) is 95.8 Å². The summed E-state index contributed by atoms with van der Waals surface area (Å²) in [6, 6.07) is 25.3. The molecule has 3 heteroatoms.